The zero-order valence-electron chi connectivity index (χ0n) is 26.9. The van der Waals surface area contributed by atoms with E-state index in [2.05, 4.69) is 134 Å². The second kappa shape index (κ2) is 8.60. The maximum Gasteiger partial charge on any atom is 0.165 e. The molecule has 0 N–H and O–H groups in total. The Morgan fingerprint density at radius 3 is 2.06 bits per heavy atom. The Morgan fingerprint density at radius 2 is 1.18 bits per heavy atom. The number of hydrogen-bond acceptors (Lipinski definition) is 3. The van der Waals surface area contributed by atoms with Crippen molar-refractivity contribution >= 4 is 65.6 Å². The first-order chi connectivity index (χ1) is 24.1. The third kappa shape index (κ3) is 3.06. The Morgan fingerprint density at radius 1 is 0.510 bits per heavy atom. The van der Waals surface area contributed by atoms with Gasteiger partial charge in [0.1, 0.15) is 16.9 Å². The summed E-state index contributed by atoms with van der Waals surface area (Å²) in [6.45, 7) is 4.65. The summed E-state index contributed by atoms with van der Waals surface area (Å²) < 4.78 is 8.89. The average Bonchev–Trinajstić information content (AvgIpc) is 3.72. The second-order valence-corrected chi connectivity index (χ2v) is 14.1. The van der Waals surface area contributed by atoms with E-state index in [-0.39, 0.29) is 5.41 Å². The largest absolute Gasteiger partial charge is 0.456 e. The smallest absolute Gasteiger partial charge is 0.165 e. The Hall–Kier alpha value is -6.26. The molecule has 0 unspecified atom stereocenters. The van der Waals surface area contributed by atoms with Crippen LogP contribution in [0.4, 0.5) is 0 Å². The van der Waals surface area contributed by atoms with Gasteiger partial charge in [0, 0.05) is 32.5 Å². The van der Waals surface area contributed by atoms with Gasteiger partial charge < -0.3 is 4.42 Å². The summed E-state index contributed by atoms with van der Waals surface area (Å²) >= 11 is 0. The molecule has 0 saturated heterocycles. The lowest BCUT2D eigenvalue weighted by Gasteiger charge is -2.21. The topological polar surface area (TPSA) is 43.9 Å². The van der Waals surface area contributed by atoms with Gasteiger partial charge in [-0.3, -0.25) is 4.57 Å². The molecule has 49 heavy (non-hydrogen) atoms. The van der Waals surface area contributed by atoms with Crippen molar-refractivity contribution in [3.8, 4) is 39.3 Å². The molecule has 7 aromatic carbocycles. The molecular formula is C45H27N3O. The van der Waals surface area contributed by atoms with Gasteiger partial charge in [0.2, 0.25) is 0 Å². The molecule has 3 aromatic heterocycles. The number of hydrogen-bond donors (Lipinski definition) is 0. The molecule has 2 aliphatic carbocycles. The first-order valence-electron chi connectivity index (χ1n) is 16.9. The minimum Gasteiger partial charge on any atom is -0.456 e. The summed E-state index contributed by atoms with van der Waals surface area (Å²) in [4.78, 5) is 10.9. The van der Waals surface area contributed by atoms with Gasteiger partial charge in [-0.15, -0.1) is 0 Å². The van der Waals surface area contributed by atoms with Gasteiger partial charge >= 0.3 is 0 Å². The molecule has 0 saturated carbocycles. The number of aromatic nitrogens is 3. The van der Waals surface area contributed by atoms with E-state index in [0.29, 0.717) is 0 Å². The van der Waals surface area contributed by atoms with Crippen LogP contribution in [-0.4, -0.2) is 14.5 Å². The van der Waals surface area contributed by atoms with Crippen molar-refractivity contribution in [2.24, 2.45) is 0 Å². The monoisotopic (exact) mass is 625 g/mol. The highest BCUT2D eigenvalue weighted by Crippen LogP contribution is 2.52. The maximum atomic E-state index is 6.53. The summed E-state index contributed by atoms with van der Waals surface area (Å²) in [5.74, 6) is 0.828. The van der Waals surface area contributed by atoms with Gasteiger partial charge in [-0.05, 0) is 86.6 Å². The number of benzene rings is 7. The van der Waals surface area contributed by atoms with Crippen molar-refractivity contribution in [1.29, 1.82) is 0 Å². The fourth-order valence-electron chi connectivity index (χ4n) is 9.16. The van der Waals surface area contributed by atoms with E-state index in [9.17, 15) is 0 Å². The number of nitrogens with zero attached hydrogens (tertiary/aromatic N) is 3. The van der Waals surface area contributed by atoms with Gasteiger partial charge in [-0.2, -0.15) is 0 Å². The summed E-state index contributed by atoms with van der Waals surface area (Å²) in [7, 11) is 0. The Kier molecular flexibility index (Phi) is 4.53. The van der Waals surface area contributed by atoms with Gasteiger partial charge in [0.15, 0.2) is 5.82 Å². The first-order valence-corrected chi connectivity index (χ1v) is 16.9. The van der Waals surface area contributed by atoms with Gasteiger partial charge in [-0.1, -0.05) is 98.8 Å². The van der Waals surface area contributed by atoms with Crippen LogP contribution in [0.25, 0.3) is 105 Å². The molecule has 0 fully saturated rings. The number of fused-ring (bicyclic) bond motifs is 5. The van der Waals surface area contributed by atoms with E-state index in [1.807, 2.05) is 12.1 Å². The highest BCUT2D eigenvalue weighted by atomic mass is 16.3. The third-order valence-corrected chi connectivity index (χ3v) is 11.3. The predicted octanol–water partition coefficient (Wildman–Crippen LogP) is 11.7. The summed E-state index contributed by atoms with van der Waals surface area (Å²) in [5, 5.41) is 7.28. The van der Waals surface area contributed by atoms with Crippen molar-refractivity contribution in [2.45, 2.75) is 19.3 Å². The van der Waals surface area contributed by atoms with Gasteiger partial charge in [0.25, 0.3) is 0 Å². The lowest BCUT2D eigenvalue weighted by Crippen LogP contribution is -2.14. The van der Waals surface area contributed by atoms with E-state index in [4.69, 9.17) is 14.4 Å². The van der Waals surface area contributed by atoms with Crippen LogP contribution in [0.2, 0.25) is 0 Å². The highest BCUT2D eigenvalue weighted by Gasteiger charge is 2.35. The van der Waals surface area contributed by atoms with Crippen LogP contribution in [-0.2, 0) is 5.41 Å². The lowest BCUT2D eigenvalue weighted by molar-refractivity contribution is 0.660. The summed E-state index contributed by atoms with van der Waals surface area (Å²) in [6.07, 6.45) is 0. The third-order valence-electron chi connectivity index (χ3n) is 11.3. The van der Waals surface area contributed by atoms with Crippen molar-refractivity contribution in [3.05, 3.63) is 139 Å². The Balaban J connectivity index is 1.25. The minimum absolute atomic E-state index is 0.0701. The average molecular weight is 626 g/mol. The Labute approximate surface area is 280 Å². The SMILES string of the molecule is CC1(C)c2ccccc2-c2cc(-c3nc4ccccc4nc3-n3c4ccc5cccc6c5c4c4c5c(ccc43)oc3cccc-6c35)ccc21. The standard InChI is InChI=1S/C45H27N3O/c1-45(2)30-13-4-3-10-26(30)29-23-25(17-19-31(29)45)43-44(47-33-15-6-5-14-32(33)46-43)48-34-20-18-24-9-7-11-27-28-12-8-16-36-39(28)42-37(49-36)22-21-35(48)41(42)40(34)38(24)27/h3-23H,1-2H3. The lowest BCUT2D eigenvalue weighted by atomic mass is 9.82. The number of furan rings is 1. The van der Waals surface area contributed by atoms with E-state index in [1.165, 1.54) is 65.7 Å². The second-order valence-electron chi connectivity index (χ2n) is 14.1. The van der Waals surface area contributed by atoms with Crippen LogP contribution < -0.4 is 0 Å². The molecule has 228 valence electrons. The molecule has 4 heteroatoms. The first kappa shape index (κ1) is 25.8. The molecule has 3 heterocycles. The van der Waals surface area contributed by atoms with Crippen molar-refractivity contribution in [2.75, 3.05) is 0 Å². The fraction of sp³-hybridized carbons (Fsp3) is 0.0667. The molecule has 4 nitrogen and oxygen atoms in total. The molecule has 2 aliphatic rings. The summed E-state index contributed by atoms with van der Waals surface area (Å²) in [5.41, 5.74) is 15.4. The molecule has 12 rings (SSSR count). The van der Waals surface area contributed by atoms with Gasteiger partial charge in [0.05, 0.1) is 22.1 Å². The van der Waals surface area contributed by atoms with Crippen molar-refractivity contribution in [1.82, 2.24) is 14.5 Å². The van der Waals surface area contributed by atoms with Crippen LogP contribution in [0.5, 0.6) is 0 Å². The highest BCUT2D eigenvalue weighted by molar-refractivity contribution is 6.38. The van der Waals surface area contributed by atoms with Crippen LogP contribution in [0.3, 0.4) is 0 Å². The molecule has 0 aliphatic heterocycles. The van der Waals surface area contributed by atoms with Crippen LogP contribution in [0, 0.1) is 0 Å². The molecular weight excluding hydrogens is 599 g/mol. The van der Waals surface area contributed by atoms with E-state index in [0.717, 1.165) is 50.3 Å². The zero-order valence-corrected chi connectivity index (χ0v) is 26.9. The normalized spacial score (nSPS) is 14.1. The van der Waals surface area contributed by atoms with E-state index >= 15 is 0 Å². The zero-order chi connectivity index (χ0) is 32.2. The number of para-hydroxylation sites is 2. The van der Waals surface area contributed by atoms with E-state index < -0.39 is 0 Å². The molecule has 0 atom stereocenters. The quantitative estimate of drug-likeness (QED) is 0.192. The fourth-order valence-corrected chi connectivity index (χ4v) is 9.16. The predicted molar refractivity (Wildman–Crippen MR) is 201 cm³/mol. The van der Waals surface area contributed by atoms with Crippen LogP contribution >= 0.6 is 0 Å². The molecule has 0 bridgehead atoms. The van der Waals surface area contributed by atoms with Crippen LogP contribution in [0.1, 0.15) is 25.0 Å². The molecule has 10 aromatic rings. The summed E-state index contributed by atoms with van der Waals surface area (Å²) in [6, 6.07) is 45.9. The van der Waals surface area contributed by atoms with Crippen molar-refractivity contribution < 1.29 is 4.42 Å². The van der Waals surface area contributed by atoms with E-state index in [1.54, 1.807) is 0 Å². The minimum atomic E-state index is -0.0701. The Bertz CT molecular complexity index is 3140. The van der Waals surface area contributed by atoms with Crippen molar-refractivity contribution in [3.63, 3.8) is 0 Å². The van der Waals surface area contributed by atoms with Gasteiger partial charge in [-0.25, -0.2) is 9.97 Å². The number of rotatable bonds is 2. The molecule has 0 spiro atoms. The maximum absolute atomic E-state index is 6.53. The molecule has 0 amide bonds. The van der Waals surface area contributed by atoms with Crippen LogP contribution in [0.15, 0.2) is 132 Å². The molecule has 0 radical (unpaired) electrons.